The fourth-order valence-electron chi connectivity index (χ4n) is 2.48. The highest BCUT2D eigenvalue weighted by molar-refractivity contribution is 7.89. The van der Waals surface area contributed by atoms with Crippen LogP contribution in [0.2, 0.25) is 0 Å². The van der Waals surface area contributed by atoms with Gasteiger partial charge in [-0.05, 0) is 42.3 Å². The highest BCUT2D eigenvalue weighted by Crippen LogP contribution is 2.21. The van der Waals surface area contributed by atoms with Gasteiger partial charge in [0.15, 0.2) is 0 Å². The molecule has 0 atom stereocenters. The van der Waals surface area contributed by atoms with Gasteiger partial charge < -0.3 is 9.64 Å². The van der Waals surface area contributed by atoms with Crippen molar-refractivity contribution >= 4 is 15.9 Å². The molecule has 1 aromatic heterocycles. The van der Waals surface area contributed by atoms with E-state index in [1.807, 2.05) is 6.07 Å². The lowest BCUT2D eigenvalue weighted by atomic mass is 10.2. The summed E-state index contributed by atoms with van der Waals surface area (Å²) in [5.74, 6) is 0.497. The average Bonchev–Trinajstić information content (AvgIpc) is 2.61. The number of hydrogen-bond acceptors (Lipinski definition) is 5. The van der Waals surface area contributed by atoms with E-state index in [1.54, 1.807) is 42.4 Å². The van der Waals surface area contributed by atoms with Gasteiger partial charge in [0.05, 0.1) is 12.0 Å². The summed E-state index contributed by atoms with van der Waals surface area (Å²) in [5, 5.41) is 0. The normalized spacial score (nSPS) is 11.2. The summed E-state index contributed by atoms with van der Waals surface area (Å²) in [4.78, 5) is 17.6. The first-order valence-electron chi connectivity index (χ1n) is 8.12. The molecular weight excluding hydrogens is 354 g/mol. The number of hydrogen-bond donors (Lipinski definition) is 1. The first-order valence-corrected chi connectivity index (χ1v) is 9.60. The standard InChI is InChI=1S/C18H23N3O4S/c1-14-11-17(6-7-18(14)25-3)26(23,24)20-9-10-21(15(2)22)13-16-5-4-8-19-12-16/h4-8,11-12,20H,9-10,13H2,1-3H3. The maximum atomic E-state index is 12.4. The van der Waals surface area contributed by atoms with Crippen molar-refractivity contribution in [1.82, 2.24) is 14.6 Å². The number of nitrogens with zero attached hydrogens (tertiary/aromatic N) is 2. The Morgan fingerprint density at radius 3 is 2.65 bits per heavy atom. The third-order valence-electron chi connectivity index (χ3n) is 3.89. The van der Waals surface area contributed by atoms with Gasteiger partial charge in [-0.2, -0.15) is 0 Å². The number of sulfonamides is 1. The second-order valence-corrected chi connectivity index (χ2v) is 7.60. The van der Waals surface area contributed by atoms with Crippen molar-refractivity contribution in [2.45, 2.75) is 25.3 Å². The second-order valence-electron chi connectivity index (χ2n) is 5.83. The van der Waals surface area contributed by atoms with Crippen LogP contribution in [0.5, 0.6) is 5.75 Å². The van der Waals surface area contributed by atoms with Gasteiger partial charge in [0.1, 0.15) is 5.75 Å². The largest absolute Gasteiger partial charge is 0.496 e. The molecule has 7 nitrogen and oxygen atoms in total. The lowest BCUT2D eigenvalue weighted by Crippen LogP contribution is -2.37. The number of nitrogens with one attached hydrogen (secondary N) is 1. The molecule has 140 valence electrons. The van der Waals surface area contributed by atoms with Crippen LogP contribution in [0.25, 0.3) is 0 Å². The van der Waals surface area contributed by atoms with Gasteiger partial charge in [0.2, 0.25) is 15.9 Å². The monoisotopic (exact) mass is 377 g/mol. The van der Waals surface area contributed by atoms with Crippen LogP contribution < -0.4 is 9.46 Å². The molecule has 0 saturated carbocycles. The van der Waals surface area contributed by atoms with E-state index in [0.29, 0.717) is 12.3 Å². The minimum absolute atomic E-state index is 0.118. The molecule has 0 spiro atoms. The van der Waals surface area contributed by atoms with Crippen LogP contribution >= 0.6 is 0 Å². The van der Waals surface area contributed by atoms with Gasteiger partial charge in [0, 0.05) is 39.0 Å². The Morgan fingerprint density at radius 2 is 2.08 bits per heavy atom. The number of amides is 1. The quantitative estimate of drug-likeness (QED) is 0.757. The average molecular weight is 377 g/mol. The Kier molecular flexibility index (Phi) is 6.70. The summed E-state index contributed by atoms with van der Waals surface area (Å²) < 4.78 is 32.5. The molecule has 0 aliphatic carbocycles. The Bertz CT molecular complexity index is 854. The van der Waals surface area contributed by atoms with Crippen molar-refractivity contribution < 1.29 is 17.9 Å². The Balaban J connectivity index is 1.99. The van der Waals surface area contributed by atoms with Gasteiger partial charge in [-0.15, -0.1) is 0 Å². The van der Waals surface area contributed by atoms with E-state index in [0.717, 1.165) is 11.1 Å². The smallest absolute Gasteiger partial charge is 0.240 e. The minimum Gasteiger partial charge on any atom is -0.496 e. The molecule has 0 unspecified atom stereocenters. The number of carbonyl (C=O) groups is 1. The van der Waals surface area contributed by atoms with E-state index < -0.39 is 10.0 Å². The number of methoxy groups -OCH3 is 1. The first-order chi connectivity index (χ1) is 12.3. The van der Waals surface area contributed by atoms with Gasteiger partial charge in [-0.3, -0.25) is 9.78 Å². The predicted octanol–water partition coefficient (Wildman–Crippen LogP) is 1.73. The van der Waals surface area contributed by atoms with Gasteiger partial charge in [0.25, 0.3) is 0 Å². The molecule has 2 aromatic rings. The third-order valence-corrected chi connectivity index (χ3v) is 5.35. The summed E-state index contributed by atoms with van der Waals surface area (Å²) in [7, 11) is -2.12. The fraction of sp³-hybridized carbons (Fsp3) is 0.333. The van der Waals surface area contributed by atoms with Gasteiger partial charge >= 0.3 is 0 Å². The van der Waals surface area contributed by atoms with Gasteiger partial charge in [-0.25, -0.2) is 13.1 Å². The Labute approximate surface area is 154 Å². The van der Waals surface area contributed by atoms with E-state index in [9.17, 15) is 13.2 Å². The molecule has 8 heteroatoms. The maximum absolute atomic E-state index is 12.4. The zero-order valence-corrected chi connectivity index (χ0v) is 15.9. The summed E-state index contributed by atoms with van der Waals surface area (Å²) in [6.07, 6.45) is 3.34. The molecular formula is C18H23N3O4S. The zero-order valence-electron chi connectivity index (χ0n) is 15.1. The second kappa shape index (κ2) is 8.77. The summed E-state index contributed by atoms with van der Waals surface area (Å²) in [6, 6.07) is 8.33. The summed E-state index contributed by atoms with van der Waals surface area (Å²) in [6.45, 7) is 4.00. The van der Waals surface area contributed by atoms with Crippen LogP contribution in [-0.2, 0) is 21.4 Å². The first kappa shape index (κ1) is 19.9. The number of pyridine rings is 1. The van der Waals surface area contributed by atoms with Gasteiger partial charge in [-0.1, -0.05) is 6.07 Å². The zero-order chi connectivity index (χ0) is 19.2. The number of aryl methyl sites for hydroxylation is 1. The van der Waals surface area contributed by atoms with Crippen molar-refractivity contribution in [1.29, 1.82) is 0 Å². The van der Waals surface area contributed by atoms with Crippen molar-refractivity contribution in [3.05, 3.63) is 53.9 Å². The molecule has 0 fully saturated rings. The Morgan fingerprint density at radius 1 is 1.31 bits per heavy atom. The lowest BCUT2D eigenvalue weighted by Gasteiger charge is -2.21. The molecule has 1 heterocycles. The van der Waals surface area contributed by atoms with Crippen LogP contribution in [-0.4, -0.2) is 44.4 Å². The number of rotatable bonds is 8. The van der Waals surface area contributed by atoms with Crippen LogP contribution in [0.15, 0.2) is 47.6 Å². The molecule has 0 radical (unpaired) electrons. The summed E-state index contributed by atoms with van der Waals surface area (Å²) >= 11 is 0. The SMILES string of the molecule is COc1ccc(S(=O)(=O)NCCN(Cc2cccnc2)C(C)=O)cc1C. The summed E-state index contributed by atoms with van der Waals surface area (Å²) in [5.41, 5.74) is 1.62. The Hall–Kier alpha value is -2.45. The van der Waals surface area contributed by atoms with Crippen LogP contribution in [0, 0.1) is 6.92 Å². The molecule has 1 aromatic carbocycles. The number of benzene rings is 1. The van der Waals surface area contributed by atoms with E-state index >= 15 is 0 Å². The van der Waals surface area contributed by atoms with E-state index in [-0.39, 0.29) is 23.9 Å². The molecule has 2 rings (SSSR count). The third kappa shape index (κ3) is 5.27. The fourth-order valence-corrected chi connectivity index (χ4v) is 3.58. The molecule has 26 heavy (non-hydrogen) atoms. The number of ether oxygens (including phenoxy) is 1. The van der Waals surface area contributed by atoms with E-state index in [4.69, 9.17) is 4.74 Å². The van der Waals surface area contributed by atoms with Crippen LogP contribution in [0.3, 0.4) is 0 Å². The predicted molar refractivity (Wildman–Crippen MR) is 98.2 cm³/mol. The maximum Gasteiger partial charge on any atom is 0.240 e. The number of carbonyl (C=O) groups excluding carboxylic acids is 1. The van der Waals surface area contributed by atoms with E-state index in [1.165, 1.54) is 20.1 Å². The molecule has 1 amide bonds. The topological polar surface area (TPSA) is 88.6 Å². The molecule has 0 aliphatic heterocycles. The highest BCUT2D eigenvalue weighted by atomic mass is 32.2. The van der Waals surface area contributed by atoms with Crippen molar-refractivity contribution in [2.75, 3.05) is 20.2 Å². The molecule has 0 aliphatic rings. The van der Waals surface area contributed by atoms with Crippen LogP contribution in [0.1, 0.15) is 18.1 Å². The molecule has 1 N–H and O–H groups in total. The van der Waals surface area contributed by atoms with Crippen LogP contribution in [0.4, 0.5) is 0 Å². The van der Waals surface area contributed by atoms with Crippen molar-refractivity contribution in [3.63, 3.8) is 0 Å². The minimum atomic E-state index is -3.66. The van der Waals surface area contributed by atoms with Crippen molar-refractivity contribution in [2.24, 2.45) is 0 Å². The molecule has 0 bridgehead atoms. The number of aromatic nitrogens is 1. The molecule has 0 saturated heterocycles. The lowest BCUT2D eigenvalue weighted by molar-refractivity contribution is -0.129. The van der Waals surface area contributed by atoms with E-state index in [2.05, 4.69) is 9.71 Å². The highest BCUT2D eigenvalue weighted by Gasteiger charge is 2.16. The van der Waals surface area contributed by atoms with Crippen molar-refractivity contribution in [3.8, 4) is 5.75 Å².